The van der Waals surface area contributed by atoms with E-state index < -0.39 is 35.8 Å². The lowest BCUT2D eigenvalue weighted by Crippen LogP contribution is -2.42. The van der Waals surface area contributed by atoms with Crippen molar-refractivity contribution in [2.75, 3.05) is 13.1 Å². The number of pyridine rings is 1. The summed E-state index contributed by atoms with van der Waals surface area (Å²) in [6, 6.07) is 0.219. The maximum Gasteiger partial charge on any atom is 0.347 e. The van der Waals surface area contributed by atoms with Gasteiger partial charge in [0.2, 0.25) is 5.91 Å². The molecule has 0 radical (unpaired) electrons. The summed E-state index contributed by atoms with van der Waals surface area (Å²) >= 11 is 5.68. The molecule has 0 unspecified atom stereocenters. The number of alkyl halides is 2. The Hall–Kier alpha value is -2.36. The summed E-state index contributed by atoms with van der Waals surface area (Å²) in [6.45, 7) is -0.866. The molecule has 4 heterocycles. The van der Waals surface area contributed by atoms with Crippen LogP contribution in [0.3, 0.4) is 0 Å². The molecule has 2 aromatic rings. The van der Waals surface area contributed by atoms with Crippen LogP contribution in [0, 0.1) is 5.82 Å². The molecular weight excluding hydrogens is 399 g/mol. The van der Waals surface area contributed by atoms with Gasteiger partial charge in [0, 0.05) is 12.6 Å². The zero-order valence-electron chi connectivity index (χ0n) is 14.7. The SMILES string of the molecule is O=C([C@@H]1CCCc2nn(Cc3ncc(Cl)cc3F)c(=O)n21)N1C[C@@H](F)[C@H](F)C1. The van der Waals surface area contributed by atoms with E-state index in [2.05, 4.69) is 10.1 Å². The summed E-state index contributed by atoms with van der Waals surface area (Å²) in [6.07, 6.45) is -0.723. The van der Waals surface area contributed by atoms with E-state index in [1.54, 1.807) is 0 Å². The third kappa shape index (κ3) is 3.30. The molecule has 0 bridgehead atoms. The van der Waals surface area contributed by atoms with Crippen LogP contribution < -0.4 is 5.69 Å². The largest absolute Gasteiger partial charge is 0.347 e. The molecule has 2 aliphatic heterocycles. The van der Waals surface area contributed by atoms with Crippen LogP contribution in [0.4, 0.5) is 13.2 Å². The Kier molecular flexibility index (Phi) is 4.90. The number of rotatable bonds is 3. The predicted octanol–water partition coefficient (Wildman–Crippen LogP) is 1.68. The second-order valence-electron chi connectivity index (χ2n) is 6.99. The molecule has 2 aliphatic rings. The molecule has 0 aliphatic carbocycles. The van der Waals surface area contributed by atoms with E-state index in [1.165, 1.54) is 10.8 Å². The highest BCUT2D eigenvalue weighted by molar-refractivity contribution is 6.30. The van der Waals surface area contributed by atoms with Crippen molar-refractivity contribution in [1.29, 1.82) is 0 Å². The Balaban J connectivity index is 1.63. The highest BCUT2D eigenvalue weighted by Gasteiger charge is 2.40. The molecule has 150 valence electrons. The Bertz CT molecular complexity index is 968. The van der Waals surface area contributed by atoms with Gasteiger partial charge < -0.3 is 4.90 Å². The molecule has 2 aromatic heterocycles. The molecular formula is C17H17ClF3N5O2. The Morgan fingerprint density at radius 3 is 2.68 bits per heavy atom. The zero-order valence-corrected chi connectivity index (χ0v) is 15.4. The van der Waals surface area contributed by atoms with Crippen LogP contribution in [0.1, 0.15) is 30.4 Å². The van der Waals surface area contributed by atoms with Crippen LogP contribution in [0.15, 0.2) is 17.1 Å². The summed E-state index contributed by atoms with van der Waals surface area (Å²) in [5.74, 6) is -0.781. The van der Waals surface area contributed by atoms with Gasteiger partial charge >= 0.3 is 5.69 Å². The normalized spacial score (nSPS) is 24.4. The minimum Gasteiger partial charge on any atom is -0.335 e. The van der Waals surface area contributed by atoms with Crippen molar-refractivity contribution in [1.82, 2.24) is 24.2 Å². The van der Waals surface area contributed by atoms with E-state index in [9.17, 15) is 22.8 Å². The number of hydrogen-bond acceptors (Lipinski definition) is 4. The molecule has 1 amide bonds. The molecule has 0 saturated carbocycles. The summed E-state index contributed by atoms with van der Waals surface area (Å²) in [4.78, 5) is 30.6. The first-order chi connectivity index (χ1) is 13.3. The number of carbonyl (C=O) groups excluding carboxylic acids is 1. The fourth-order valence-electron chi connectivity index (χ4n) is 3.68. The molecule has 1 fully saturated rings. The van der Waals surface area contributed by atoms with Crippen molar-refractivity contribution in [3.05, 3.63) is 45.1 Å². The topological polar surface area (TPSA) is 73.0 Å². The highest BCUT2D eigenvalue weighted by atomic mass is 35.5. The minimum atomic E-state index is -1.72. The number of likely N-dealkylation sites (tertiary alicyclic amines) is 1. The van der Waals surface area contributed by atoms with Crippen LogP contribution in [-0.2, 0) is 17.8 Å². The van der Waals surface area contributed by atoms with E-state index in [4.69, 9.17) is 11.6 Å². The monoisotopic (exact) mass is 415 g/mol. The first kappa shape index (κ1) is 19.0. The first-order valence-corrected chi connectivity index (χ1v) is 9.28. The van der Waals surface area contributed by atoms with Crippen molar-refractivity contribution in [3.63, 3.8) is 0 Å². The van der Waals surface area contributed by atoms with E-state index in [0.29, 0.717) is 25.1 Å². The molecule has 4 rings (SSSR count). The fraction of sp³-hybridized carbons (Fsp3) is 0.529. The van der Waals surface area contributed by atoms with Gasteiger partial charge in [-0.15, -0.1) is 0 Å². The predicted molar refractivity (Wildman–Crippen MR) is 93.1 cm³/mol. The molecule has 0 spiro atoms. The molecule has 11 heteroatoms. The van der Waals surface area contributed by atoms with Gasteiger partial charge in [-0.05, 0) is 18.9 Å². The highest BCUT2D eigenvalue weighted by Crippen LogP contribution is 2.27. The molecule has 0 aromatic carbocycles. The van der Waals surface area contributed by atoms with Crippen molar-refractivity contribution >= 4 is 17.5 Å². The first-order valence-electron chi connectivity index (χ1n) is 8.90. The maximum atomic E-state index is 14.0. The van der Waals surface area contributed by atoms with Crippen molar-refractivity contribution in [3.8, 4) is 0 Å². The summed E-state index contributed by atoms with van der Waals surface area (Å²) in [5, 5.41) is 4.34. The van der Waals surface area contributed by atoms with Gasteiger partial charge in [-0.25, -0.2) is 22.6 Å². The van der Waals surface area contributed by atoms with Crippen molar-refractivity contribution < 1.29 is 18.0 Å². The molecule has 7 nitrogen and oxygen atoms in total. The van der Waals surface area contributed by atoms with Crippen molar-refractivity contribution in [2.45, 2.75) is 44.2 Å². The number of halogens is 4. The van der Waals surface area contributed by atoms with Crippen LogP contribution in [0.2, 0.25) is 5.02 Å². The number of fused-ring (bicyclic) bond motifs is 1. The van der Waals surface area contributed by atoms with Gasteiger partial charge in [-0.1, -0.05) is 11.6 Å². The lowest BCUT2D eigenvalue weighted by atomic mass is 10.0. The average molecular weight is 416 g/mol. The average Bonchev–Trinajstić information content (AvgIpc) is 3.16. The van der Waals surface area contributed by atoms with Crippen LogP contribution in [-0.4, -0.2) is 55.6 Å². The molecule has 3 atom stereocenters. The number of aryl methyl sites for hydroxylation is 1. The quantitative estimate of drug-likeness (QED) is 0.764. The second kappa shape index (κ2) is 7.23. The van der Waals surface area contributed by atoms with E-state index in [0.717, 1.165) is 15.6 Å². The number of carbonyl (C=O) groups is 1. The molecule has 1 saturated heterocycles. The number of aromatic nitrogens is 4. The van der Waals surface area contributed by atoms with Crippen LogP contribution >= 0.6 is 11.6 Å². The van der Waals surface area contributed by atoms with E-state index >= 15 is 0 Å². The third-order valence-electron chi connectivity index (χ3n) is 5.09. The molecule has 28 heavy (non-hydrogen) atoms. The summed E-state index contributed by atoms with van der Waals surface area (Å²) in [7, 11) is 0. The molecule has 0 N–H and O–H groups in total. The number of nitrogens with zero attached hydrogens (tertiary/aromatic N) is 5. The van der Waals surface area contributed by atoms with Gasteiger partial charge in [-0.2, -0.15) is 5.10 Å². The Morgan fingerprint density at radius 1 is 1.29 bits per heavy atom. The summed E-state index contributed by atoms with van der Waals surface area (Å²) < 4.78 is 43.2. The minimum absolute atomic E-state index is 0.00934. The van der Waals surface area contributed by atoms with Gasteiger partial charge in [0.1, 0.15) is 17.7 Å². The zero-order chi connectivity index (χ0) is 20.0. The maximum absolute atomic E-state index is 14.0. The smallest absolute Gasteiger partial charge is 0.335 e. The van der Waals surface area contributed by atoms with Crippen molar-refractivity contribution in [2.24, 2.45) is 0 Å². The number of hydrogen-bond donors (Lipinski definition) is 0. The standard InChI is InChI=1S/C17H17ClF3N5O2/c18-9-4-10(19)13(22-5-9)8-25-17(28)26-14(2-1-3-15(26)23-25)16(27)24-6-11(20)12(21)7-24/h4-5,11-12,14H,1-3,6-8H2/t11-,12-,14+/m1/s1. The van der Waals surface area contributed by atoms with E-state index in [1.807, 2.05) is 0 Å². The van der Waals surface area contributed by atoms with Gasteiger partial charge in [0.05, 0.1) is 30.4 Å². The third-order valence-corrected chi connectivity index (χ3v) is 5.30. The summed E-state index contributed by atoms with van der Waals surface area (Å²) in [5.41, 5.74) is -0.595. The Labute approximate surface area is 162 Å². The lowest BCUT2D eigenvalue weighted by molar-refractivity contribution is -0.134. The lowest BCUT2D eigenvalue weighted by Gasteiger charge is -2.26. The van der Waals surface area contributed by atoms with Crippen LogP contribution in [0.5, 0.6) is 0 Å². The van der Waals surface area contributed by atoms with Gasteiger partial charge in [0.25, 0.3) is 0 Å². The number of amides is 1. The van der Waals surface area contributed by atoms with E-state index in [-0.39, 0.29) is 30.4 Å². The van der Waals surface area contributed by atoms with Crippen LogP contribution in [0.25, 0.3) is 0 Å². The van der Waals surface area contributed by atoms with Gasteiger partial charge in [0.15, 0.2) is 12.3 Å². The Morgan fingerprint density at radius 2 is 2.00 bits per heavy atom. The fourth-order valence-corrected chi connectivity index (χ4v) is 3.83. The van der Waals surface area contributed by atoms with Gasteiger partial charge in [-0.3, -0.25) is 14.3 Å². The second-order valence-corrected chi connectivity index (χ2v) is 7.43.